The highest BCUT2D eigenvalue weighted by molar-refractivity contribution is 5.93. The van der Waals surface area contributed by atoms with Crippen LogP contribution in [-0.2, 0) is 4.74 Å². The topological polar surface area (TPSA) is 86.6 Å². The number of benzene rings is 1. The van der Waals surface area contributed by atoms with Crippen LogP contribution in [0, 0.1) is 0 Å². The second-order valence-corrected chi connectivity index (χ2v) is 7.73. The van der Waals surface area contributed by atoms with Gasteiger partial charge >= 0.3 is 0 Å². The molecule has 1 aromatic carbocycles. The predicted molar refractivity (Wildman–Crippen MR) is 116 cm³/mol. The van der Waals surface area contributed by atoms with Crippen molar-refractivity contribution in [3.05, 3.63) is 36.8 Å². The van der Waals surface area contributed by atoms with Crippen LogP contribution in [0.4, 0.5) is 11.6 Å². The number of H-pyrrole nitrogens is 1. The summed E-state index contributed by atoms with van der Waals surface area (Å²) in [6.45, 7) is 6.95. The van der Waals surface area contributed by atoms with Crippen LogP contribution in [0.25, 0.3) is 27.8 Å². The number of fused-ring (bicyclic) bond motifs is 2. The Balaban J connectivity index is 1.56. The Morgan fingerprint density at radius 3 is 2.70 bits per heavy atom. The molecule has 2 fully saturated rings. The Bertz CT molecular complexity index is 1190. The van der Waals surface area contributed by atoms with Gasteiger partial charge in [-0.15, -0.1) is 0 Å². The molecule has 2 aliphatic heterocycles. The number of aromatic amines is 1. The summed E-state index contributed by atoms with van der Waals surface area (Å²) in [5.41, 5.74) is 3.90. The lowest BCUT2D eigenvalue weighted by Crippen LogP contribution is -2.44. The van der Waals surface area contributed by atoms with Crippen LogP contribution in [0.5, 0.6) is 0 Å². The molecule has 3 aromatic heterocycles. The summed E-state index contributed by atoms with van der Waals surface area (Å²) in [5, 5.41) is 11.8. The van der Waals surface area contributed by atoms with Crippen LogP contribution in [0.2, 0.25) is 0 Å². The van der Waals surface area contributed by atoms with Crippen molar-refractivity contribution in [1.82, 2.24) is 29.9 Å². The fraction of sp³-hybridized carbons (Fsp3) is 0.381. The Morgan fingerprint density at radius 2 is 1.83 bits per heavy atom. The lowest BCUT2D eigenvalue weighted by Gasteiger charge is -2.30. The van der Waals surface area contributed by atoms with Crippen LogP contribution < -0.4 is 15.1 Å². The number of nitrogens with zero attached hydrogens (tertiary/aromatic N) is 6. The van der Waals surface area contributed by atoms with E-state index in [0.29, 0.717) is 13.2 Å². The van der Waals surface area contributed by atoms with Gasteiger partial charge in [-0.05, 0) is 6.07 Å². The number of hydrogen-bond acceptors (Lipinski definition) is 7. The first-order valence-corrected chi connectivity index (χ1v) is 10.5. The summed E-state index contributed by atoms with van der Waals surface area (Å²) >= 11 is 0. The van der Waals surface area contributed by atoms with Gasteiger partial charge in [0.15, 0.2) is 11.5 Å². The van der Waals surface area contributed by atoms with Crippen LogP contribution in [0.3, 0.4) is 0 Å². The molecular weight excluding hydrogens is 380 g/mol. The number of aromatic nitrogens is 5. The molecular formula is C21H24N8O. The van der Waals surface area contributed by atoms with Crippen molar-refractivity contribution in [2.24, 2.45) is 0 Å². The summed E-state index contributed by atoms with van der Waals surface area (Å²) in [7, 11) is 0. The van der Waals surface area contributed by atoms with Crippen molar-refractivity contribution < 1.29 is 4.74 Å². The first-order chi connectivity index (χ1) is 14.9. The Labute approximate surface area is 173 Å². The van der Waals surface area contributed by atoms with Crippen molar-refractivity contribution in [1.29, 1.82) is 0 Å². The molecule has 4 aromatic rings. The fourth-order valence-corrected chi connectivity index (χ4v) is 4.40. The molecule has 154 valence electrons. The molecule has 5 heterocycles. The van der Waals surface area contributed by atoms with Gasteiger partial charge in [-0.1, -0.05) is 12.1 Å². The number of hydrogen-bond donors (Lipinski definition) is 2. The molecule has 0 radical (unpaired) electrons. The highest BCUT2D eigenvalue weighted by atomic mass is 16.5. The number of nitrogens with one attached hydrogen (secondary N) is 2. The number of anilines is 2. The van der Waals surface area contributed by atoms with Crippen molar-refractivity contribution in [3.63, 3.8) is 0 Å². The largest absolute Gasteiger partial charge is 0.378 e. The first-order valence-electron chi connectivity index (χ1n) is 10.5. The molecule has 2 N–H and O–H groups in total. The third-order valence-corrected chi connectivity index (χ3v) is 5.97. The van der Waals surface area contributed by atoms with Crippen molar-refractivity contribution in [3.8, 4) is 11.3 Å². The van der Waals surface area contributed by atoms with Gasteiger partial charge in [0.05, 0.1) is 36.8 Å². The lowest BCUT2D eigenvalue weighted by molar-refractivity contribution is 0.122. The van der Waals surface area contributed by atoms with Gasteiger partial charge in [0, 0.05) is 56.4 Å². The monoisotopic (exact) mass is 404 g/mol. The average Bonchev–Trinajstić information content (AvgIpc) is 3.46. The molecule has 0 spiro atoms. The second kappa shape index (κ2) is 7.26. The summed E-state index contributed by atoms with van der Waals surface area (Å²) < 4.78 is 7.78. The van der Waals surface area contributed by atoms with E-state index in [0.717, 1.165) is 78.7 Å². The zero-order valence-electron chi connectivity index (χ0n) is 16.7. The van der Waals surface area contributed by atoms with Gasteiger partial charge in [-0.25, -0.2) is 9.97 Å². The second-order valence-electron chi connectivity index (χ2n) is 7.73. The number of rotatable bonds is 3. The van der Waals surface area contributed by atoms with Crippen molar-refractivity contribution in [2.75, 3.05) is 62.3 Å². The third kappa shape index (κ3) is 2.89. The molecule has 0 amide bonds. The molecule has 6 rings (SSSR count). The molecule has 2 aliphatic rings. The van der Waals surface area contributed by atoms with Gasteiger partial charge in [0.1, 0.15) is 5.82 Å². The summed E-state index contributed by atoms with van der Waals surface area (Å²) in [6, 6.07) is 6.19. The van der Waals surface area contributed by atoms with E-state index in [1.807, 2.05) is 24.5 Å². The highest BCUT2D eigenvalue weighted by Crippen LogP contribution is 2.32. The molecule has 2 saturated heterocycles. The molecule has 0 bridgehead atoms. The van der Waals surface area contributed by atoms with E-state index < -0.39 is 0 Å². The van der Waals surface area contributed by atoms with Gasteiger partial charge in [-0.2, -0.15) is 5.10 Å². The zero-order valence-corrected chi connectivity index (χ0v) is 16.7. The lowest BCUT2D eigenvalue weighted by atomic mass is 10.1. The van der Waals surface area contributed by atoms with E-state index in [1.54, 1.807) is 0 Å². The number of ether oxygens (including phenoxy) is 1. The van der Waals surface area contributed by atoms with E-state index in [1.165, 1.54) is 0 Å². The van der Waals surface area contributed by atoms with Crippen molar-refractivity contribution in [2.45, 2.75) is 0 Å². The highest BCUT2D eigenvalue weighted by Gasteiger charge is 2.23. The normalized spacial score (nSPS) is 17.9. The quantitative estimate of drug-likeness (QED) is 0.535. The minimum absolute atomic E-state index is 0.709. The summed E-state index contributed by atoms with van der Waals surface area (Å²) in [5.74, 6) is 2.03. The predicted octanol–water partition coefficient (Wildman–Crippen LogP) is 1.52. The van der Waals surface area contributed by atoms with E-state index in [4.69, 9.17) is 14.7 Å². The SMILES string of the molecule is c1cc(-c2cn3c(N4CCNCC4)cnc3c(N3CCOCC3)n2)c2cn[nH]c2c1. The molecule has 0 atom stereocenters. The third-order valence-electron chi connectivity index (χ3n) is 5.97. The fourth-order valence-electron chi connectivity index (χ4n) is 4.40. The molecule has 9 nitrogen and oxygen atoms in total. The van der Waals surface area contributed by atoms with E-state index >= 15 is 0 Å². The first kappa shape index (κ1) is 17.7. The van der Waals surface area contributed by atoms with Crippen LogP contribution >= 0.6 is 0 Å². The number of imidazole rings is 1. The van der Waals surface area contributed by atoms with E-state index in [-0.39, 0.29) is 0 Å². The van der Waals surface area contributed by atoms with Gasteiger partial charge in [0.2, 0.25) is 0 Å². The molecule has 9 heteroatoms. The standard InChI is InChI=1S/C21H24N8O/c1-2-15(16-12-24-26-17(16)3-1)18-14-29-19(27-6-4-22-5-7-27)13-23-20(29)21(25-18)28-8-10-30-11-9-28/h1-3,12-14,22H,4-11H2,(H,24,26). The van der Waals surface area contributed by atoms with Crippen LogP contribution in [0.1, 0.15) is 0 Å². The maximum Gasteiger partial charge on any atom is 0.181 e. The maximum absolute atomic E-state index is 5.57. The zero-order chi connectivity index (χ0) is 19.9. The summed E-state index contributed by atoms with van der Waals surface area (Å²) in [6.07, 6.45) is 5.97. The average molecular weight is 404 g/mol. The minimum Gasteiger partial charge on any atom is -0.378 e. The Hall–Kier alpha value is -3.17. The number of piperazine rings is 1. The van der Waals surface area contributed by atoms with Crippen LogP contribution in [-0.4, -0.2) is 77.0 Å². The molecule has 30 heavy (non-hydrogen) atoms. The van der Waals surface area contributed by atoms with Gasteiger partial charge in [-0.3, -0.25) is 9.50 Å². The Kier molecular flexibility index (Phi) is 4.28. The van der Waals surface area contributed by atoms with Crippen LogP contribution in [0.15, 0.2) is 36.8 Å². The smallest absolute Gasteiger partial charge is 0.181 e. The summed E-state index contributed by atoms with van der Waals surface area (Å²) in [4.78, 5) is 14.6. The number of morpholine rings is 1. The molecule has 0 aliphatic carbocycles. The van der Waals surface area contributed by atoms with E-state index in [2.05, 4.69) is 42.0 Å². The van der Waals surface area contributed by atoms with Crippen molar-refractivity contribution >= 4 is 28.2 Å². The van der Waals surface area contributed by atoms with E-state index in [9.17, 15) is 0 Å². The van der Waals surface area contributed by atoms with Gasteiger partial charge < -0.3 is 19.9 Å². The minimum atomic E-state index is 0.709. The maximum atomic E-state index is 5.57. The molecule has 0 unspecified atom stereocenters. The molecule has 0 saturated carbocycles. The van der Waals surface area contributed by atoms with Gasteiger partial charge in [0.25, 0.3) is 0 Å². The Morgan fingerprint density at radius 1 is 0.967 bits per heavy atom.